The zero-order chi connectivity index (χ0) is 12.2. The van der Waals surface area contributed by atoms with Crippen LogP contribution >= 0.6 is 0 Å². The van der Waals surface area contributed by atoms with Crippen LogP contribution in [0.4, 0.5) is 0 Å². The van der Waals surface area contributed by atoms with Crippen molar-refractivity contribution in [2.45, 2.75) is 45.6 Å². The van der Waals surface area contributed by atoms with Gasteiger partial charge in [-0.25, -0.2) is 0 Å². The molecule has 0 radical (unpaired) electrons. The largest absolute Gasteiger partial charge is 0.379 e. The molecule has 100 valence electrons. The van der Waals surface area contributed by atoms with Gasteiger partial charge in [-0.15, -0.1) is 0 Å². The van der Waals surface area contributed by atoms with E-state index >= 15 is 0 Å². The van der Waals surface area contributed by atoms with Gasteiger partial charge in [-0.05, 0) is 46.7 Å². The van der Waals surface area contributed by atoms with Crippen LogP contribution in [0.25, 0.3) is 0 Å². The Morgan fingerprint density at radius 3 is 2.56 bits per heavy atom. The normalized spacial score (nSPS) is 10.8. The van der Waals surface area contributed by atoms with Gasteiger partial charge in [0.2, 0.25) is 5.91 Å². The molecule has 0 heterocycles. The molecule has 0 aliphatic carbocycles. The van der Waals surface area contributed by atoms with Crippen molar-refractivity contribution in [1.29, 1.82) is 0 Å². The van der Waals surface area contributed by atoms with Crippen LogP contribution < -0.4 is 10.6 Å². The Labute approximate surface area is 102 Å². The van der Waals surface area contributed by atoms with Gasteiger partial charge in [0.05, 0.1) is 6.10 Å². The number of ether oxygens (including phenoxy) is 1. The molecule has 0 aromatic carbocycles. The fourth-order valence-electron chi connectivity index (χ4n) is 1.29. The number of hydrogen-bond acceptors (Lipinski definition) is 3. The smallest absolute Gasteiger partial charge is 0.220 e. The van der Waals surface area contributed by atoms with E-state index in [4.69, 9.17) is 4.74 Å². The highest BCUT2D eigenvalue weighted by atomic mass is 16.5. The summed E-state index contributed by atoms with van der Waals surface area (Å²) in [6.07, 6.45) is 3.77. The lowest BCUT2D eigenvalue weighted by molar-refractivity contribution is -0.121. The van der Waals surface area contributed by atoms with Gasteiger partial charge < -0.3 is 15.4 Å². The zero-order valence-electron chi connectivity index (χ0n) is 10.8. The molecule has 2 N–H and O–H groups in total. The van der Waals surface area contributed by atoms with Crippen LogP contribution in [0.5, 0.6) is 0 Å². The first-order chi connectivity index (χ1) is 7.66. The topological polar surface area (TPSA) is 50.4 Å². The standard InChI is InChI=1S/C12H26N2O2.2H2/c1-11(2)16-10-6-7-12(15)14-9-5-4-8-13-3;;/h11,13H,4-10H2,1-3H3,(H,14,15);2*1H. The average molecular weight is 234 g/mol. The van der Waals surface area contributed by atoms with E-state index in [1.165, 1.54) is 0 Å². The second-order valence-electron chi connectivity index (χ2n) is 4.18. The molecule has 0 aromatic heterocycles. The molecule has 16 heavy (non-hydrogen) atoms. The molecule has 0 unspecified atom stereocenters. The summed E-state index contributed by atoms with van der Waals surface area (Å²) in [7, 11) is 1.94. The van der Waals surface area contributed by atoms with Crippen LogP contribution in [0.2, 0.25) is 0 Å². The summed E-state index contributed by atoms with van der Waals surface area (Å²) in [6.45, 7) is 6.47. The molecule has 0 spiro atoms. The van der Waals surface area contributed by atoms with E-state index in [1.54, 1.807) is 0 Å². The highest BCUT2D eigenvalue weighted by molar-refractivity contribution is 5.75. The van der Waals surface area contributed by atoms with E-state index in [1.807, 2.05) is 20.9 Å². The Bertz CT molecular complexity index is 181. The minimum atomic E-state index is 0. The van der Waals surface area contributed by atoms with Gasteiger partial charge in [-0.3, -0.25) is 4.79 Å². The summed E-state index contributed by atoms with van der Waals surface area (Å²) >= 11 is 0. The number of nitrogens with one attached hydrogen (secondary N) is 2. The first-order valence-electron chi connectivity index (χ1n) is 6.19. The lowest BCUT2D eigenvalue weighted by Crippen LogP contribution is -2.25. The maximum Gasteiger partial charge on any atom is 0.220 e. The van der Waals surface area contributed by atoms with E-state index < -0.39 is 0 Å². The lowest BCUT2D eigenvalue weighted by Gasteiger charge is -2.07. The predicted molar refractivity (Wildman–Crippen MR) is 70.7 cm³/mol. The Morgan fingerprint density at radius 1 is 1.25 bits per heavy atom. The third-order valence-corrected chi connectivity index (χ3v) is 2.18. The van der Waals surface area contributed by atoms with Crippen molar-refractivity contribution in [2.24, 2.45) is 0 Å². The van der Waals surface area contributed by atoms with Crippen LogP contribution in [-0.4, -0.2) is 38.8 Å². The SMILES string of the molecule is CNCCCCNC(=O)CCCOC(C)C.[HH].[HH]. The molecule has 0 bridgehead atoms. The van der Waals surface area contributed by atoms with Crippen molar-refractivity contribution in [2.75, 3.05) is 26.7 Å². The molecule has 0 atom stereocenters. The van der Waals surface area contributed by atoms with E-state index in [9.17, 15) is 4.79 Å². The van der Waals surface area contributed by atoms with Crippen molar-refractivity contribution in [3.63, 3.8) is 0 Å². The highest BCUT2D eigenvalue weighted by Crippen LogP contribution is 1.94. The van der Waals surface area contributed by atoms with Crippen molar-refractivity contribution in [3.8, 4) is 0 Å². The quantitative estimate of drug-likeness (QED) is 0.567. The third-order valence-electron chi connectivity index (χ3n) is 2.18. The molecule has 0 aliphatic rings. The fraction of sp³-hybridized carbons (Fsp3) is 0.917. The van der Waals surface area contributed by atoms with Gasteiger partial charge in [0.15, 0.2) is 0 Å². The summed E-state index contributed by atoms with van der Waals surface area (Å²) in [6, 6.07) is 0. The Balaban J connectivity index is -0.00000112. The molecule has 0 saturated carbocycles. The summed E-state index contributed by atoms with van der Waals surface area (Å²) in [5.41, 5.74) is 0. The van der Waals surface area contributed by atoms with Crippen molar-refractivity contribution in [1.82, 2.24) is 10.6 Å². The second-order valence-corrected chi connectivity index (χ2v) is 4.18. The van der Waals surface area contributed by atoms with Gasteiger partial charge in [-0.1, -0.05) is 0 Å². The molecule has 0 aromatic rings. The third kappa shape index (κ3) is 11.5. The predicted octanol–water partition coefficient (Wildman–Crippen LogP) is 1.80. The van der Waals surface area contributed by atoms with E-state index in [2.05, 4.69) is 10.6 Å². The molecular formula is C12H30N2O2. The summed E-state index contributed by atoms with van der Waals surface area (Å²) in [4.78, 5) is 11.3. The number of hydrogen-bond donors (Lipinski definition) is 2. The summed E-state index contributed by atoms with van der Waals surface area (Å²) in [5, 5.41) is 5.99. The Morgan fingerprint density at radius 2 is 1.94 bits per heavy atom. The van der Waals surface area contributed by atoms with Crippen LogP contribution in [0.1, 0.15) is 42.4 Å². The number of rotatable bonds is 10. The summed E-state index contributed by atoms with van der Waals surface area (Å²) in [5.74, 6) is 0.136. The van der Waals surface area contributed by atoms with Crippen LogP contribution in [0.3, 0.4) is 0 Å². The van der Waals surface area contributed by atoms with Gasteiger partial charge in [0.1, 0.15) is 0 Å². The number of carbonyl (C=O) groups excluding carboxylic acids is 1. The molecule has 0 rings (SSSR count). The first kappa shape index (κ1) is 15.4. The molecule has 0 aliphatic heterocycles. The minimum absolute atomic E-state index is 0. The van der Waals surface area contributed by atoms with Gasteiger partial charge >= 0.3 is 0 Å². The van der Waals surface area contributed by atoms with Crippen molar-refractivity contribution in [3.05, 3.63) is 0 Å². The monoisotopic (exact) mass is 234 g/mol. The summed E-state index contributed by atoms with van der Waals surface area (Å²) < 4.78 is 5.36. The van der Waals surface area contributed by atoms with Crippen LogP contribution in [0.15, 0.2) is 0 Å². The highest BCUT2D eigenvalue weighted by Gasteiger charge is 2.00. The van der Waals surface area contributed by atoms with Gasteiger partial charge in [0, 0.05) is 22.4 Å². The van der Waals surface area contributed by atoms with Crippen LogP contribution in [-0.2, 0) is 9.53 Å². The maximum absolute atomic E-state index is 11.3. The zero-order valence-corrected chi connectivity index (χ0v) is 10.8. The molecule has 4 heteroatoms. The maximum atomic E-state index is 11.3. The molecule has 1 amide bonds. The molecular weight excluding hydrogens is 204 g/mol. The first-order valence-corrected chi connectivity index (χ1v) is 6.19. The molecule has 4 nitrogen and oxygen atoms in total. The Kier molecular flexibility index (Phi) is 10.5. The molecule has 0 fully saturated rings. The number of amides is 1. The fourth-order valence-corrected chi connectivity index (χ4v) is 1.29. The minimum Gasteiger partial charge on any atom is -0.379 e. The number of carbonyl (C=O) groups is 1. The van der Waals surface area contributed by atoms with Crippen molar-refractivity contribution >= 4 is 5.91 Å². The van der Waals surface area contributed by atoms with E-state index in [-0.39, 0.29) is 14.9 Å². The van der Waals surface area contributed by atoms with Gasteiger partial charge in [-0.2, -0.15) is 0 Å². The average Bonchev–Trinajstić information content (AvgIpc) is 2.24. The number of unbranched alkanes of at least 4 members (excludes halogenated alkanes) is 1. The Hall–Kier alpha value is -0.610. The van der Waals surface area contributed by atoms with Crippen LogP contribution in [0, 0.1) is 0 Å². The van der Waals surface area contributed by atoms with Gasteiger partial charge in [0.25, 0.3) is 0 Å². The van der Waals surface area contributed by atoms with E-state index in [0.29, 0.717) is 13.0 Å². The second kappa shape index (κ2) is 10.9. The van der Waals surface area contributed by atoms with Crippen molar-refractivity contribution < 1.29 is 12.4 Å². The molecule has 0 saturated heterocycles. The lowest BCUT2D eigenvalue weighted by atomic mass is 10.2. The van der Waals surface area contributed by atoms with E-state index in [0.717, 1.165) is 32.4 Å².